The molecular weight excluding hydrogens is 170 g/mol. The molecular formula is C9H9NO3. The molecule has 3 rings (SSSR count). The Labute approximate surface area is 75.2 Å². The van der Waals surface area contributed by atoms with E-state index >= 15 is 0 Å². The number of carbonyl (C=O) groups is 1. The summed E-state index contributed by atoms with van der Waals surface area (Å²) in [5, 5.41) is 3.56. The summed E-state index contributed by atoms with van der Waals surface area (Å²) in [6.07, 6.45) is 4.26. The zero-order chi connectivity index (χ0) is 8.84. The van der Waals surface area contributed by atoms with E-state index in [-0.39, 0.29) is 17.6 Å². The molecule has 0 saturated heterocycles. The number of hydrogen-bond donors (Lipinski definition) is 0. The van der Waals surface area contributed by atoms with Crippen LogP contribution in [0.1, 0.15) is 19.3 Å². The zero-order valence-corrected chi connectivity index (χ0v) is 7.03. The van der Waals surface area contributed by atoms with Crippen LogP contribution < -0.4 is 0 Å². The average Bonchev–Trinajstić information content (AvgIpc) is 2.72. The smallest absolute Gasteiger partial charge is 0.219 e. The van der Waals surface area contributed by atoms with Gasteiger partial charge >= 0.3 is 0 Å². The van der Waals surface area contributed by atoms with Gasteiger partial charge in [0.15, 0.2) is 5.76 Å². The highest BCUT2D eigenvalue weighted by atomic mass is 16.7. The first-order chi connectivity index (χ1) is 6.38. The molecule has 2 atom stereocenters. The molecule has 1 fully saturated rings. The number of carbonyl (C=O) groups excluding carboxylic acids is 1. The van der Waals surface area contributed by atoms with Crippen molar-refractivity contribution >= 4 is 12.2 Å². The van der Waals surface area contributed by atoms with Crippen LogP contribution in [0.4, 0.5) is 0 Å². The van der Waals surface area contributed by atoms with Gasteiger partial charge in [0.25, 0.3) is 0 Å². The molecule has 4 nitrogen and oxygen atoms in total. The van der Waals surface area contributed by atoms with E-state index in [1.54, 1.807) is 0 Å². The summed E-state index contributed by atoms with van der Waals surface area (Å²) < 4.78 is 5.06. The number of oxime groups is 1. The number of allylic oxidation sites excluding steroid dienone is 2. The first-order valence-electron chi connectivity index (χ1n) is 4.52. The number of rotatable bonds is 0. The number of ketones is 1. The van der Waals surface area contributed by atoms with Crippen LogP contribution in [0.3, 0.4) is 0 Å². The second-order valence-corrected chi connectivity index (χ2v) is 3.62. The molecule has 0 aromatic rings. The Morgan fingerprint density at radius 1 is 1.38 bits per heavy atom. The minimum Gasteiger partial charge on any atom is -0.435 e. The van der Waals surface area contributed by atoms with E-state index in [1.807, 2.05) is 0 Å². The number of fused-ring (bicyclic) bond motifs is 2. The molecule has 0 spiro atoms. The van der Waals surface area contributed by atoms with E-state index in [2.05, 4.69) is 5.16 Å². The molecule has 2 aliphatic carbocycles. The van der Waals surface area contributed by atoms with Crippen LogP contribution in [0, 0.1) is 11.8 Å². The summed E-state index contributed by atoms with van der Waals surface area (Å²) in [6, 6.07) is 0. The lowest BCUT2D eigenvalue weighted by Gasteiger charge is -2.11. The molecule has 1 aliphatic heterocycles. The Hall–Kier alpha value is -1.32. The van der Waals surface area contributed by atoms with Crippen LogP contribution in [0.25, 0.3) is 0 Å². The van der Waals surface area contributed by atoms with Crippen molar-refractivity contribution in [3.63, 3.8) is 0 Å². The Balaban J connectivity index is 2.02. The Bertz CT molecular complexity index is 332. The van der Waals surface area contributed by atoms with Crippen molar-refractivity contribution in [2.45, 2.75) is 19.3 Å². The SMILES string of the molecule is O=C1C2=C(ON=CO2)C2CCCC12. The fourth-order valence-electron chi connectivity index (χ4n) is 2.42. The summed E-state index contributed by atoms with van der Waals surface area (Å²) in [5.74, 6) is 1.50. The van der Waals surface area contributed by atoms with E-state index in [4.69, 9.17) is 9.57 Å². The normalized spacial score (nSPS) is 35.5. The predicted octanol–water partition coefficient (Wildman–Crippen LogP) is 1.19. The van der Waals surface area contributed by atoms with Crippen molar-refractivity contribution in [1.29, 1.82) is 0 Å². The van der Waals surface area contributed by atoms with Crippen molar-refractivity contribution in [3.8, 4) is 0 Å². The Kier molecular flexibility index (Phi) is 1.28. The van der Waals surface area contributed by atoms with Gasteiger partial charge in [0.1, 0.15) is 0 Å². The van der Waals surface area contributed by atoms with Gasteiger partial charge < -0.3 is 9.57 Å². The van der Waals surface area contributed by atoms with Crippen LogP contribution in [0.2, 0.25) is 0 Å². The van der Waals surface area contributed by atoms with Crippen LogP contribution >= 0.6 is 0 Å². The van der Waals surface area contributed by atoms with Crippen molar-refractivity contribution < 1.29 is 14.4 Å². The second-order valence-electron chi connectivity index (χ2n) is 3.62. The monoisotopic (exact) mass is 179 g/mol. The predicted molar refractivity (Wildman–Crippen MR) is 43.5 cm³/mol. The third-order valence-electron chi connectivity index (χ3n) is 3.00. The maximum atomic E-state index is 11.7. The lowest BCUT2D eigenvalue weighted by Crippen LogP contribution is -2.12. The lowest BCUT2D eigenvalue weighted by molar-refractivity contribution is -0.120. The van der Waals surface area contributed by atoms with Crippen LogP contribution in [-0.2, 0) is 14.4 Å². The van der Waals surface area contributed by atoms with E-state index in [0.717, 1.165) is 19.3 Å². The molecule has 4 heteroatoms. The fourth-order valence-corrected chi connectivity index (χ4v) is 2.42. The molecule has 0 bridgehead atoms. The number of nitrogens with zero attached hydrogens (tertiary/aromatic N) is 1. The minimum atomic E-state index is 0.101. The summed E-state index contributed by atoms with van der Waals surface area (Å²) in [4.78, 5) is 16.8. The van der Waals surface area contributed by atoms with Gasteiger partial charge in [-0.25, -0.2) is 0 Å². The maximum Gasteiger partial charge on any atom is 0.219 e. The highest BCUT2D eigenvalue weighted by Gasteiger charge is 2.48. The number of Topliss-reactive ketones (excluding diaryl/α,β-unsaturated/α-hetero) is 1. The standard InChI is InChI=1S/C9H9NO3/c11-7-5-2-1-3-6(5)8-9(7)12-4-10-13-8/h4-6H,1-3H2. The Morgan fingerprint density at radius 3 is 3.15 bits per heavy atom. The molecule has 68 valence electrons. The van der Waals surface area contributed by atoms with Crippen LogP contribution in [0.5, 0.6) is 0 Å². The summed E-state index contributed by atoms with van der Waals surface area (Å²) in [6.45, 7) is 0. The van der Waals surface area contributed by atoms with Gasteiger partial charge in [-0.15, -0.1) is 0 Å². The molecule has 1 saturated carbocycles. The number of hydrogen-bond acceptors (Lipinski definition) is 4. The molecule has 3 aliphatic rings. The van der Waals surface area contributed by atoms with Gasteiger partial charge in [-0.2, -0.15) is 0 Å². The minimum absolute atomic E-state index is 0.101. The highest BCUT2D eigenvalue weighted by molar-refractivity contribution is 6.00. The molecule has 0 N–H and O–H groups in total. The highest BCUT2D eigenvalue weighted by Crippen LogP contribution is 2.46. The largest absolute Gasteiger partial charge is 0.435 e. The van der Waals surface area contributed by atoms with Crippen molar-refractivity contribution in [1.82, 2.24) is 0 Å². The van der Waals surface area contributed by atoms with Gasteiger partial charge in [-0.1, -0.05) is 6.42 Å². The first-order valence-corrected chi connectivity index (χ1v) is 4.52. The number of ether oxygens (including phenoxy) is 1. The van der Waals surface area contributed by atoms with Gasteiger partial charge in [0.2, 0.25) is 17.9 Å². The first kappa shape index (κ1) is 7.12. The van der Waals surface area contributed by atoms with E-state index in [9.17, 15) is 4.79 Å². The molecule has 0 aromatic carbocycles. The topological polar surface area (TPSA) is 47.9 Å². The van der Waals surface area contributed by atoms with Crippen molar-refractivity contribution in [2.75, 3.05) is 0 Å². The van der Waals surface area contributed by atoms with E-state index < -0.39 is 0 Å². The molecule has 0 aromatic heterocycles. The van der Waals surface area contributed by atoms with E-state index in [1.165, 1.54) is 6.40 Å². The van der Waals surface area contributed by atoms with Crippen molar-refractivity contribution in [2.24, 2.45) is 17.0 Å². The fraction of sp³-hybridized carbons (Fsp3) is 0.556. The zero-order valence-electron chi connectivity index (χ0n) is 7.03. The molecule has 0 radical (unpaired) electrons. The third kappa shape index (κ3) is 0.802. The van der Waals surface area contributed by atoms with Crippen molar-refractivity contribution in [3.05, 3.63) is 11.5 Å². The lowest BCUT2D eigenvalue weighted by atomic mass is 9.98. The van der Waals surface area contributed by atoms with Crippen LogP contribution in [0.15, 0.2) is 16.7 Å². The second kappa shape index (κ2) is 2.34. The Morgan fingerprint density at radius 2 is 2.23 bits per heavy atom. The summed E-state index contributed by atoms with van der Waals surface area (Å²) >= 11 is 0. The third-order valence-corrected chi connectivity index (χ3v) is 3.00. The van der Waals surface area contributed by atoms with E-state index in [0.29, 0.717) is 11.5 Å². The van der Waals surface area contributed by atoms with Gasteiger partial charge in [0, 0.05) is 11.8 Å². The maximum absolute atomic E-state index is 11.7. The molecule has 2 unspecified atom stereocenters. The molecule has 1 heterocycles. The summed E-state index contributed by atoms with van der Waals surface area (Å²) in [5.41, 5.74) is 0. The molecule has 13 heavy (non-hydrogen) atoms. The van der Waals surface area contributed by atoms with Gasteiger partial charge in [0.05, 0.1) is 0 Å². The average molecular weight is 179 g/mol. The van der Waals surface area contributed by atoms with Crippen LogP contribution in [-0.4, -0.2) is 12.2 Å². The summed E-state index contributed by atoms with van der Waals surface area (Å²) in [7, 11) is 0. The quantitative estimate of drug-likeness (QED) is 0.561. The van der Waals surface area contributed by atoms with Gasteiger partial charge in [-0.3, -0.25) is 4.79 Å². The van der Waals surface area contributed by atoms with Gasteiger partial charge in [-0.05, 0) is 18.0 Å². The molecule has 0 amide bonds.